The monoisotopic (exact) mass is 324 g/mol. The minimum atomic E-state index is -0.793. The molecule has 0 aromatic heterocycles. The van der Waals surface area contributed by atoms with Gasteiger partial charge in [-0.3, -0.25) is 0 Å². The molecule has 0 spiro atoms. The van der Waals surface area contributed by atoms with E-state index in [4.69, 9.17) is 0 Å². The van der Waals surface area contributed by atoms with Gasteiger partial charge in [0.25, 0.3) is 0 Å². The van der Waals surface area contributed by atoms with Gasteiger partial charge in [0, 0.05) is 4.83 Å². The molecule has 0 fully saturated rings. The van der Waals surface area contributed by atoms with Crippen LogP contribution in [-0.2, 0) is 6.42 Å². The predicted molar refractivity (Wildman–Crippen MR) is 77.6 cm³/mol. The van der Waals surface area contributed by atoms with Crippen LogP contribution < -0.4 is 0 Å². The van der Waals surface area contributed by atoms with Crippen LogP contribution in [0.25, 0.3) is 0 Å². The van der Waals surface area contributed by atoms with Crippen LogP contribution in [0.5, 0.6) is 0 Å². The van der Waals surface area contributed by atoms with E-state index in [1.807, 2.05) is 32.0 Å². The molecular formula is C16H15BrF2. The van der Waals surface area contributed by atoms with E-state index in [0.29, 0.717) is 12.0 Å². The zero-order chi connectivity index (χ0) is 14.0. The van der Waals surface area contributed by atoms with Gasteiger partial charge in [-0.2, -0.15) is 0 Å². The lowest BCUT2D eigenvalue weighted by Crippen LogP contribution is -2.03. The zero-order valence-corrected chi connectivity index (χ0v) is 12.5. The first kappa shape index (κ1) is 14.2. The topological polar surface area (TPSA) is 0 Å². The first-order valence-corrected chi connectivity index (χ1v) is 7.05. The lowest BCUT2D eigenvalue weighted by molar-refractivity contribution is 0.498. The van der Waals surface area contributed by atoms with Crippen molar-refractivity contribution in [3.05, 3.63) is 70.3 Å². The molecule has 0 amide bonds. The van der Waals surface area contributed by atoms with Crippen molar-refractivity contribution in [1.29, 1.82) is 0 Å². The summed E-state index contributed by atoms with van der Waals surface area (Å²) in [4.78, 5) is -0.0231. The first-order chi connectivity index (χ1) is 9.00. The van der Waals surface area contributed by atoms with Gasteiger partial charge in [0.15, 0.2) is 11.6 Å². The Morgan fingerprint density at radius 1 is 1.00 bits per heavy atom. The Morgan fingerprint density at radius 3 is 2.21 bits per heavy atom. The van der Waals surface area contributed by atoms with Crippen molar-refractivity contribution in [2.24, 2.45) is 0 Å². The van der Waals surface area contributed by atoms with E-state index in [1.165, 1.54) is 6.07 Å². The van der Waals surface area contributed by atoms with Crippen LogP contribution in [-0.4, -0.2) is 0 Å². The fourth-order valence-corrected chi connectivity index (χ4v) is 3.39. The van der Waals surface area contributed by atoms with E-state index in [0.717, 1.165) is 22.8 Å². The van der Waals surface area contributed by atoms with Gasteiger partial charge in [-0.25, -0.2) is 8.78 Å². The Balaban J connectivity index is 2.31. The third kappa shape index (κ3) is 3.03. The van der Waals surface area contributed by atoms with Gasteiger partial charge in [0.05, 0.1) is 0 Å². The molecule has 2 rings (SSSR count). The molecule has 2 aromatic rings. The number of hydrogen-bond acceptors (Lipinski definition) is 0. The highest BCUT2D eigenvalue weighted by Gasteiger charge is 2.16. The van der Waals surface area contributed by atoms with Crippen molar-refractivity contribution in [1.82, 2.24) is 0 Å². The highest BCUT2D eigenvalue weighted by Crippen LogP contribution is 2.32. The quantitative estimate of drug-likeness (QED) is 0.675. The summed E-state index contributed by atoms with van der Waals surface area (Å²) >= 11 is 3.59. The number of aryl methyl sites for hydroxylation is 2. The largest absolute Gasteiger partial charge is 0.204 e. The maximum Gasteiger partial charge on any atom is 0.162 e. The third-order valence-electron chi connectivity index (χ3n) is 3.29. The van der Waals surface area contributed by atoms with Crippen LogP contribution >= 0.6 is 15.9 Å². The molecule has 0 radical (unpaired) electrons. The van der Waals surface area contributed by atoms with Crippen molar-refractivity contribution in [3.63, 3.8) is 0 Å². The standard InChI is InChI=1S/C16H15BrF2/c1-10-5-3-6-11(2)15(10)13(17)9-12-7-4-8-14(18)16(12)19/h3-8,13H,9H2,1-2H3. The molecule has 0 heterocycles. The Morgan fingerprint density at radius 2 is 1.58 bits per heavy atom. The zero-order valence-electron chi connectivity index (χ0n) is 10.9. The number of benzene rings is 2. The normalized spacial score (nSPS) is 12.5. The molecule has 0 bridgehead atoms. The van der Waals surface area contributed by atoms with Crippen LogP contribution in [0, 0.1) is 25.5 Å². The smallest absolute Gasteiger partial charge is 0.162 e. The minimum absolute atomic E-state index is 0.0231. The maximum atomic E-state index is 13.7. The van der Waals surface area contributed by atoms with Gasteiger partial charge in [0.2, 0.25) is 0 Å². The van der Waals surface area contributed by atoms with Crippen LogP contribution in [0.3, 0.4) is 0 Å². The predicted octanol–water partition coefficient (Wildman–Crippen LogP) is 5.26. The van der Waals surface area contributed by atoms with Crippen molar-refractivity contribution >= 4 is 15.9 Å². The summed E-state index contributed by atoms with van der Waals surface area (Å²) in [6.45, 7) is 4.05. The summed E-state index contributed by atoms with van der Waals surface area (Å²) in [7, 11) is 0. The Bertz CT molecular complexity index is 573. The van der Waals surface area contributed by atoms with E-state index in [-0.39, 0.29) is 4.83 Å². The second-order valence-electron chi connectivity index (χ2n) is 4.69. The van der Waals surface area contributed by atoms with Crippen LogP contribution in [0.15, 0.2) is 36.4 Å². The summed E-state index contributed by atoms with van der Waals surface area (Å²) in [5, 5.41) is 0. The summed E-state index contributed by atoms with van der Waals surface area (Å²) in [5.41, 5.74) is 3.84. The number of halogens is 3. The Hall–Kier alpha value is -1.22. The Labute approximate surface area is 120 Å². The average molecular weight is 325 g/mol. The molecule has 1 unspecified atom stereocenters. The molecule has 0 aliphatic heterocycles. The molecular weight excluding hydrogens is 310 g/mol. The van der Waals surface area contributed by atoms with Crippen LogP contribution in [0.1, 0.15) is 27.1 Å². The molecule has 0 aliphatic carbocycles. The van der Waals surface area contributed by atoms with Crippen LogP contribution in [0.4, 0.5) is 8.78 Å². The van der Waals surface area contributed by atoms with Gasteiger partial charge < -0.3 is 0 Å². The van der Waals surface area contributed by atoms with Crippen molar-refractivity contribution < 1.29 is 8.78 Å². The number of alkyl halides is 1. The minimum Gasteiger partial charge on any atom is -0.204 e. The molecule has 0 aliphatic rings. The SMILES string of the molecule is Cc1cccc(C)c1C(Br)Cc1cccc(F)c1F. The number of hydrogen-bond donors (Lipinski definition) is 0. The molecule has 3 heteroatoms. The first-order valence-electron chi connectivity index (χ1n) is 6.13. The van der Waals surface area contributed by atoms with Gasteiger partial charge in [-0.05, 0) is 48.6 Å². The molecule has 1 atom stereocenters. The highest BCUT2D eigenvalue weighted by atomic mass is 79.9. The molecule has 100 valence electrons. The molecule has 0 N–H and O–H groups in total. The molecule has 0 saturated carbocycles. The van der Waals surface area contributed by atoms with E-state index in [9.17, 15) is 8.78 Å². The molecule has 0 nitrogen and oxygen atoms in total. The van der Waals surface area contributed by atoms with E-state index in [1.54, 1.807) is 6.07 Å². The van der Waals surface area contributed by atoms with Crippen LogP contribution in [0.2, 0.25) is 0 Å². The highest BCUT2D eigenvalue weighted by molar-refractivity contribution is 9.09. The summed E-state index contributed by atoms with van der Waals surface area (Å²) in [6, 6.07) is 10.4. The average Bonchev–Trinajstić information content (AvgIpc) is 2.35. The van der Waals surface area contributed by atoms with Crippen molar-refractivity contribution in [2.75, 3.05) is 0 Å². The van der Waals surface area contributed by atoms with Gasteiger partial charge in [-0.1, -0.05) is 46.3 Å². The van der Waals surface area contributed by atoms with Crippen molar-refractivity contribution in [2.45, 2.75) is 25.1 Å². The Kier molecular flexibility index (Phi) is 4.35. The van der Waals surface area contributed by atoms with E-state index >= 15 is 0 Å². The van der Waals surface area contributed by atoms with Gasteiger partial charge in [0.1, 0.15) is 0 Å². The second kappa shape index (κ2) is 5.83. The summed E-state index contributed by atoms with van der Waals surface area (Å²) in [5.74, 6) is -1.54. The second-order valence-corrected chi connectivity index (χ2v) is 5.80. The lowest BCUT2D eigenvalue weighted by Gasteiger charge is -2.16. The molecule has 19 heavy (non-hydrogen) atoms. The molecule has 0 saturated heterocycles. The third-order valence-corrected chi connectivity index (χ3v) is 4.07. The number of rotatable bonds is 3. The van der Waals surface area contributed by atoms with Gasteiger partial charge in [-0.15, -0.1) is 0 Å². The summed E-state index contributed by atoms with van der Waals surface area (Å²) < 4.78 is 26.9. The van der Waals surface area contributed by atoms with E-state index < -0.39 is 11.6 Å². The van der Waals surface area contributed by atoms with E-state index in [2.05, 4.69) is 15.9 Å². The summed E-state index contributed by atoms with van der Waals surface area (Å²) in [6.07, 6.45) is 0.426. The fraction of sp³-hybridized carbons (Fsp3) is 0.250. The molecule has 2 aromatic carbocycles. The van der Waals surface area contributed by atoms with Crippen molar-refractivity contribution in [3.8, 4) is 0 Å². The fourth-order valence-electron chi connectivity index (χ4n) is 2.32. The lowest BCUT2D eigenvalue weighted by atomic mass is 9.96. The maximum absolute atomic E-state index is 13.7. The van der Waals surface area contributed by atoms with Gasteiger partial charge >= 0.3 is 0 Å².